The number of nitrogens with zero attached hydrogens (tertiary/aromatic N) is 4. The minimum Gasteiger partial charge on any atom is -0.497 e. The molecule has 0 amide bonds. The van der Waals surface area contributed by atoms with Crippen molar-refractivity contribution in [3.8, 4) is 40.1 Å². The first-order valence-corrected chi connectivity index (χ1v) is 8.59. The molecule has 0 spiro atoms. The van der Waals surface area contributed by atoms with E-state index in [1.165, 1.54) is 0 Å². The predicted molar refractivity (Wildman–Crippen MR) is 104 cm³/mol. The minimum atomic E-state index is 0.468. The maximum atomic E-state index is 6.13. The first kappa shape index (κ1) is 17.5. The Hall–Kier alpha value is -3.87. The van der Waals surface area contributed by atoms with Crippen LogP contribution >= 0.6 is 0 Å². The van der Waals surface area contributed by atoms with Gasteiger partial charge in [0.2, 0.25) is 11.8 Å². The second-order valence-corrected chi connectivity index (χ2v) is 5.86. The third-order valence-corrected chi connectivity index (χ3v) is 4.11. The Bertz CT molecular complexity index is 1080. The van der Waals surface area contributed by atoms with Crippen LogP contribution in [-0.4, -0.2) is 34.0 Å². The van der Waals surface area contributed by atoms with Crippen LogP contribution in [-0.2, 0) is 0 Å². The molecule has 0 saturated heterocycles. The number of pyridine rings is 2. The molecule has 4 rings (SSSR count). The van der Waals surface area contributed by atoms with Gasteiger partial charge in [0.15, 0.2) is 0 Å². The molecule has 0 atom stereocenters. The molecule has 0 bridgehead atoms. The van der Waals surface area contributed by atoms with E-state index < -0.39 is 0 Å². The van der Waals surface area contributed by atoms with Crippen LogP contribution in [0.25, 0.3) is 16.8 Å². The molecule has 3 aromatic heterocycles. The zero-order valence-electron chi connectivity index (χ0n) is 15.4. The van der Waals surface area contributed by atoms with E-state index in [0.717, 1.165) is 16.8 Å². The fourth-order valence-corrected chi connectivity index (χ4v) is 2.78. The standard InChI is InChI=1S/C21H18N4O3/c1-26-17-12-16(25-10-4-8-24-25)13-18(14-17)28-21-19(5-3-7-23-21)15-6-9-22-20(11-15)27-2/h3-14H,1-2H3. The van der Waals surface area contributed by atoms with Crippen LogP contribution in [0.2, 0.25) is 0 Å². The molecule has 140 valence electrons. The summed E-state index contributed by atoms with van der Waals surface area (Å²) in [6.45, 7) is 0. The SMILES string of the molecule is COc1cc(Oc2ncccc2-c2ccnc(OC)c2)cc(-n2cccn2)c1. The van der Waals surface area contributed by atoms with E-state index in [1.807, 2.05) is 48.7 Å². The molecule has 0 aliphatic carbocycles. The van der Waals surface area contributed by atoms with Gasteiger partial charge in [-0.05, 0) is 29.8 Å². The molecule has 0 aliphatic rings. The van der Waals surface area contributed by atoms with Crippen LogP contribution in [0, 0.1) is 0 Å². The van der Waals surface area contributed by atoms with Gasteiger partial charge in [0.25, 0.3) is 0 Å². The van der Waals surface area contributed by atoms with Crippen LogP contribution < -0.4 is 14.2 Å². The van der Waals surface area contributed by atoms with E-state index in [-0.39, 0.29) is 0 Å². The van der Waals surface area contributed by atoms with Crippen molar-refractivity contribution < 1.29 is 14.2 Å². The van der Waals surface area contributed by atoms with Crippen LogP contribution in [0.3, 0.4) is 0 Å². The lowest BCUT2D eigenvalue weighted by molar-refractivity contribution is 0.398. The molecule has 0 aliphatic heterocycles. The largest absolute Gasteiger partial charge is 0.497 e. The van der Waals surface area contributed by atoms with Crippen LogP contribution in [0.1, 0.15) is 0 Å². The first-order chi connectivity index (χ1) is 13.8. The van der Waals surface area contributed by atoms with Crippen LogP contribution in [0.4, 0.5) is 0 Å². The maximum Gasteiger partial charge on any atom is 0.227 e. The maximum absolute atomic E-state index is 6.13. The van der Waals surface area contributed by atoms with Crippen molar-refractivity contribution in [2.45, 2.75) is 0 Å². The monoisotopic (exact) mass is 374 g/mol. The summed E-state index contributed by atoms with van der Waals surface area (Å²) < 4.78 is 18.5. The molecule has 0 N–H and O–H groups in total. The van der Waals surface area contributed by atoms with Gasteiger partial charge in [0.05, 0.1) is 19.9 Å². The highest BCUT2D eigenvalue weighted by Gasteiger charge is 2.12. The fraction of sp³-hybridized carbons (Fsp3) is 0.0952. The van der Waals surface area contributed by atoms with Crippen molar-refractivity contribution in [3.63, 3.8) is 0 Å². The highest BCUT2D eigenvalue weighted by molar-refractivity contribution is 5.69. The summed E-state index contributed by atoms with van der Waals surface area (Å²) in [7, 11) is 3.20. The molecule has 4 aromatic rings. The lowest BCUT2D eigenvalue weighted by Crippen LogP contribution is -1.98. The van der Waals surface area contributed by atoms with Crippen molar-refractivity contribution >= 4 is 0 Å². The number of methoxy groups -OCH3 is 2. The molecule has 0 saturated carbocycles. The average molecular weight is 374 g/mol. The normalized spacial score (nSPS) is 10.5. The average Bonchev–Trinajstić information content (AvgIpc) is 3.29. The number of ether oxygens (including phenoxy) is 3. The molecule has 0 unspecified atom stereocenters. The molecule has 28 heavy (non-hydrogen) atoms. The van der Waals surface area contributed by atoms with Crippen LogP contribution in [0.15, 0.2) is 73.3 Å². The zero-order chi connectivity index (χ0) is 19.3. The van der Waals surface area contributed by atoms with E-state index in [4.69, 9.17) is 14.2 Å². The third-order valence-electron chi connectivity index (χ3n) is 4.11. The summed E-state index contributed by atoms with van der Waals surface area (Å²) in [6.07, 6.45) is 6.94. The quantitative estimate of drug-likeness (QED) is 0.505. The number of hydrogen-bond acceptors (Lipinski definition) is 6. The first-order valence-electron chi connectivity index (χ1n) is 8.59. The van der Waals surface area contributed by atoms with E-state index >= 15 is 0 Å². The van der Waals surface area contributed by atoms with Gasteiger partial charge < -0.3 is 14.2 Å². The Labute approximate surface area is 162 Å². The number of hydrogen-bond donors (Lipinski definition) is 0. The van der Waals surface area contributed by atoms with E-state index in [2.05, 4.69) is 15.1 Å². The van der Waals surface area contributed by atoms with Gasteiger partial charge in [-0.1, -0.05) is 0 Å². The summed E-state index contributed by atoms with van der Waals surface area (Å²) in [5.74, 6) is 2.24. The Balaban J connectivity index is 1.73. The zero-order valence-corrected chi connectivity index (χ0v) is 15.4. The van der Waals surface area contributed by atoms with Gasteiger partial charge in [-0.3, -0.25) is 0 Å². The van der Waals surface area contributed by atoms with Crippen LogP contribution in [0.5, 0.6) is 23.3 Å². The fourth-order valence-electron chi connectivity index (χ4n) is 2.78. The van der Waals surface area contributed by atoms with Gasteiger partial charge in [0, 0.05) is 54.6 Å². The third kappa shape index (κ3) is 3.64. The Morgan fingerprint density at radius 3 is 2.50 bits per heavy atom. The smallest absolute Gasteiger partial charge is 0.227 e. The van der Waals surface area contributed by atoms with Crippen molar-refractivity contribution in [1.29, 1.82) is 0 Å². The topological polar surface area (TPSA) is 71.3 Å². The van der Waals surface area contributed by atoms with E-state index in [1.54, 1.807) is 43.6 Å². The second kappa shape index (κ2) is 7.79. The van der Waals surface area contributed by atoms with Crippen molar-refractivity contribution in [1.82, 2.24) is 19.7 Å². The summed E-state index contributed by atoms with van der Waals surface area (Å²) in [5.41, 5.74) is 2.54. The predicted octanol–water partition coefficient (Wildman–Crippen LogP) is 4.14. The summed E-state index contributed by atoms with van der Waals surface area (Å²) in [4.78, 5) is 8.56. The molecule has 1 aromatic carbocycles. The lowest BCUT2D eigenvalue weighted by atomic mass is 10.1. The molecular formula is C21H18N4O3. The van der Waals surface area contributed by atoms with E-state index in [0.29, 0.717) is 23.3 Å². The number of aromatic nitrogens is 4. The van der Waals surface area contributed by atoms with Gasteiger partial charge in [-0.25, -0.2) is 14.6 Å². The van der Waals surface area contributed by atoms with E-state index in [9.17, 15) is 0 Å². The van der Waals surface area contributed by atoms with Crippen molar-refractivity contribution in [2.24, 2.45) is 0 Å². The molecular weight excluding hydrogens is 356 g/mol. The highest BCUT2D eigenvalue weighted by atomic mass is 16.5. The van der Waals surface area contributed by atoms with Gasteiger partial charge >= 0.3 is 0 Å². The number of benzene rings is 1. The molecule has 0 fully saturated rings. The Morgan fingerprint density at radius 1 is 0.821 bits per heavy atom. The molecule has 7 heteroatoms. The van der Waals surface area contributed by atoms with Crippen molar-refractivity contribution in [2.75, 3.05) is 14.2 Å². The number of rotatable bonds is 6. The Kier molecular flexibility index (Phi) is 4.88. The van der Waals surface area contributed by atoms with Crippen molar-refractivity contribution in [3.05, 3.63) is 73.3 Å². The van der Waals surface area contributed by atoms with Gasteiger partial charge in [-0.15, -0.1) is 0 Å². The second-order valence-electron chi connectivity index (χ2n) is 5.86. The summed E-state index contributed by atoms with van der Waals surface area (Å²) in [5, 5.41) is 4.26. The minimum absolute atomic E-state index is 0.468. The Morgan fingerprint density at radius 2 is 1.71 bits per heavy atom. The summed E-state index contributed by atoms with van der Waals surface area (Å²) >= 11 is 0. The molecule has 3 heterocycles. The van der Waals surface area contributed by atoms with Gasteiger partial charge in [0.1, 0.15) is 11.5 Å². The summed E-state index contributed by atoms with van der Waals surface area (Å²) in [6, 6.07) is 14.9. The lowest BCUT2D eigenvalue weighted by Gasteiger charge is -2.13. The molecule has 7 nitrogen and oxygen atoms in total. The highest BCUT2D eigenvalue weighted by Crippen LogP contribution is 2.34. The van der Waals surface area contributed by atoms with Gasteiger partial charge in [-0.2, -0.15) is 5.10 Å². The molecule has 0 radical (unpaired) electrons.